The van der Waals surface area contributed by atoms with E-state index in [1.165, 1.54) is 0 Å². The molecule has 0 fully saturated rings. The molecule has 2 N–H and O–H groups in total. The Hall–Kier alpha value is -2.32. The van der Waals surface area contributed by atoms with Crippen LogP contribution in [-0.2, 0) is 29.6 Å². The number of hydrogen-bond donors (Lipinski definition) is 1. The van der Waals surface area contributed by atoms with E-state index in [1.807, 2.05) is 0 Å². The van der Waals surface area contributed by atoms with Gasteiger partial charge in [-0.3, -0.25) is 4.79 Å². The van der Waals surface area contributed by atoms with Crippen LogP contribution in [0.2, 0.25) is 0 Å². The molecule has 130 valence electrons. The number of carbonyl (C=O) groups is 1. The Morgan fingerprint density at radius 3 is 2.40 bits per heavy atom. The van der Waals surface area contributed by atoms with Crippen LogP contribution in [-0.4, -0.2) is 14.2 Å². The molecule has 0 aromatic heterocycles. The first-order chi connectivity index (χ1) is 11.9. The summed E-state index contributed by atoms with van der Waals surface area (Å²) in [5.41, 5.74) is 6.75. The molecule has 0 aliphatic carbocycles. The number of ether oxygens (including phenoxy) is 1. The van der Waals surface area contributed by atoms with E-state index in [0.29, 0.717) is 15.6 Å². The minimum absolute atomic E-state index is 0.345. The van der Waals surface area contributed by atoms with Gasteiger partial charge < -0.3 is 14.7 Å². The standard InChI is InChI=1S/C17H14BrNO5S/c18-13-9-5-4-8-12(13)15-14(20)16(17(19)23-15)24-25(21,22)10-11-6-2-1-3-7-11/h1-9,15H,10,19H2. The monoisotopic (exact) mass is 423 g/mol. The van der Waals surface area contributed by atoms with E-state index in [0.717, 1.165) is 0 Å². The van der Waals surface area contributed by atoms with Gasteiger partial charge in [-0.15, -0.1) is 0 Å². The Morgan fingerprint density at radius 2 is 1.72 bits per heavy atom. The molecule has 25 heavy (non-hydrogen) atoms. The van der Waals surface area contributed by atoms with Crippen LogP contribution in [0.5, 0.6) is 0 Å². The van der Waals surface area contributed by atoms with Crippen LogP contribution in [0.3, 0.4) is 0 Å². The van der Waals surface area contributed by atoms with Gasteiger partial charge in [-0.1, -0.05) is 64.5 Å². The molecule has 0 saturated carbocycles. The topological polar surface area (TPSA) is 95.7 Å². The van der Waals surface area contributed by atoms with Gasteiger partial charge >= 0.3 is 10.1 Å². The summed E-state index contributed by atoms with van der Waals surface area (Å²) >= 11 is 3.33. The van der Waals surface area contributed by atoms with Crippen molar-refractivity contribution in [2.45, 2.75) is 11.9 Å². The van der Waals surface area contributed by atoms with E-state index in [1.54, 1.807) is 54.6 Å². The summed E-state index contributed by atoms with van der Waals surface area (Å²) in [6.45, 7) is 0. The first kappa shape index (κ1) is 17.5. The molecule has 2 aromatic rings. The first-order valence-corrected chi connectivity index (χ1v) is 9.65. The third-order valence-corrected chi connectivity index (χ3v) is 5.34. The normalized spacial score (nSPS) is 17.5. The van der Waals surface area contributed by atoms with Crippen LogP contribution in [0.4, 0.5) is 0 Å². The minimum atomic E-state index is -4.05. The Bertz CT molecular complexity index is 941. The number of Topliss-reactive ketones (excluding diaryl/α,β-unsaturated/α-hetero) is 1. The SMILES string of the molecule is NC1=C(OS(=O)(=O)Cc2ccccc2)C(=O)C(c2ccccc2Br)O1. The molecule has 1 aliphatic heterocycles. The lowest BCUT2D eigenvalue weighted by Gasteiger charge is -2.11. The maximum atomic E-state index is 12.5. The summed E-state index contributed by atoms with van der Waals surface area (Å²) in [5.74, 6) is -1.85. The van der Waals surface area contributed by atoms with Crippen molar-refractivity contribution in [3.63, 3.8) is 0 Å². The highest BCUT2D eigenvalue weighted by molar-refractivity contribution is 9.10. The summed E-state index contributed by atoms with van der Waals surface area (Å²) in [6.07, 6.45) is -1.04. The summed E-state index contributed by atoms with van der Waals surface area (Å²) in [4.78, 5) is 12.5. The van der Waals surface area contributed by atoms with E-state index in [2.05, 4.69) is 15.9 Å². The second-order valence-corrected chi connectivity index (χ2v) is 7.77. The average molecular weight is 424 g/mol. The maximum absolute atomic E-state index is 12.5. The van der Waals surface area contributed by atoms with Crippen molar-refractivity contribution in [2.75, 3.05) is 0 Å². The smallest absolute Gasteiger partial charge is 0.313 e. The van der Waals surface area contributed by atoms with Gasteiger partial charge in [0.15, 0.2) is 6.10 Å². The molecule has 0 bridgehead atoms. The predicted molar refractivity (Wildman–Crippen MR) is 94.3 cm³/mol. The second kappa shape index (κ2) is 6.89. The molecular formula is C17H14BrNO5S. The Balaban J connectivity index is 1.80. The third-order valence-electron chi connectivity index (χ3n) is 3.51. The number of carbonyl (C=O) groups excluding carboxylic acids is 1. The molecular weight excluding hydrogens is 410 g/mol. The summed E-state index contributed by atoms with van der Waals surface area (Å²) in [5, 5.41) is 0. The number of ketones is 1. The highest BCUT2D eigenvalue weighted by atomic mass is 79.9. The van der Waals surface area contributed by atoms with Gasteiger partial charge in [0.2, 0.25) is 17.4 Å². The molecule has 1 unspecified atom stereocenters. The quantitative estimate of drug-likeness (QED) is 0.742. The number of rotatable bonds is 5. The van der Waals surface area contributed by atoms with Gasteiger partial charge in [0.1, 0.15) is 5.75 Å². The van der Waals surface area contributed by atoms with Gasteiger partial charge in [-0.2, -0.15) is 8.42 Å². The molecule has 0 spiro atoms. The van der Waals surface area contributed by atoms with Crippen molar-refractivity contribution < 1.29 is 22.1 Å². The van der Waals surface area contributed by atoms with Crippen LogP contribution < -0.4 is 5.73 Å². The largest absolute Gasteiger partial charge is 0.460 e. The summed E-state index contributed by atoms with van der Waals surface area (Å²) in [7, 11) is -4.05. The van der Waals surface area contributed by atoms with E-state index >= 15 is 0 Å². The molecule has 0 amide bonds. The van der Waals surface area contributed by atoms with Crippen molar-refractivity contribution in [3.8, 4) is 0 Å². The lowest BCUT2D eigenvalue weighted by atomic mass is 10.1. The van der Waals surface area contributed by atoms with Crippen LogP contribution >= 0.6 is 15.9 Å². The highest BCUT2D eigenvalue weighted by Gasteiger charge is 2.40. The number of hydrogen-bond acceptors (Lipinski definition) is 6. The summed E-state index contributed by atoms with van der Waals surface area (Å²) in [6, 6.07) is 15.4. The number of benzene rings is 2. The van der Waals surface area contributed by atoms with Crippen molar-refractivity contribution in [2.24, 2.45) is 5.73 Å². The van der Waals surface area contributed by atoms with Crippen molar-refractivity contribution in [3.05, 3.63) is 81.8 Å². The predicted octanol–water partition coefficient (Wildman–Crippen LogP) is 2.76. The second-order valence-electron chi connectivity index (χ2n) is 5.35. The van der Waals surface area contributed by atoms with Gasteiger partial charge in [-0.25, -0.2) is 0 Å². The molecule has 3 rings (SSSR count). The minimum Gasteiger partial charge on any atom is -0.460 e. The Morgan fingerprint density at radius 1 is 1.08 bits per heavy atom. The molecule has 0 radical (unpaired) electrons. The van der Waals surface area contributed by atoms with E-state index in [4.69, 9.17) is 14.7 Å². The van der Waals surface area contributed by atoms with Gasteiger partial charge in [0, 0.05) is 10.0 Å². The lowest BCUT2D eigenvalue weighted by Crippen LogP contribution is -2.16. The van der Waals surface area contributed by atoms with E-state index < -0.39 is 27.8 Å². The number of halogens is 1. The highest BCUT2D eigenvalue weighted by Crippen LogP contribution is 2.35. The van der Waals surface area contributed by atoms with E-state index in [-0.39, 0.29) is 11.6 Å². The van der Waals surface area contributed by atoms with Crippen molar-refractivity contribution in [1.82, 2.24) is 0 Å². The van der Waals surface area contributed by atoms with Gasteiger partial charge in [-0.05, 0) is 11.6 Å². The molecule has 1 atom stereocenters. The Kier molecular flexibility index (Phi) is 4.82. The van der Waals surface area contributed by atoms with Gasteiger partial charge in [0.05, 0.1) is 0 Å². The van der Waals surface area contributed by atoms with Gasteiger partial charge in [0.25, 0.3) is 0 Å². The molecule has 1 heterocycles. The van der Waals surface area contributed by atoms with Crippen LogP contribution in [0.1, 0.15) is 17.2 Å². The average Bonchev–Trinajstić information content (AvgIpc) is 2.83. The Labute approximate surface area is 153 Å². The number of nitrogens with two attached hydrogens (primary N) is 1. The van der Waals surface area contributed by atoms with Crippen LogP contribution in [0.25, 0.3) is 0 Å². The molecule has 1 aliphatic rings. The van der Waals surface area contributed by atoms with Crippen molar-refractivity contribution >= 4 is 31.8 Å². The van der Waals surface area contributed by atoms with Crippen molar-refractivity contribution in [1.29, 1.82) is 0 Å². The molecule has 2 aromatic carbocycles. The fourth-order valence-electron chi connectivity index (χ4n) is 2.38. The zero-order valence-electron chi connectivity index (χ0n) is 12.9. The molecule has 8 heteroatoms. The van der Waals surface area contributed by atoms with E-state index in [9.17, 15) is 13.2 Å². The lowest BCUT2D eigenvalue weighted by molar-refractivity contribution is -0.123. The first-order valence-electron chi connectivity index (χ1n) is 7.28. The zero-order chi connectivity index (χ0) is 18.0. The van der Waals surface area contributed by atoms with Crippen LogP contribution in [0, 0.1) is 0 Å². The maximum Gasteiger partial charge on any atom is 0.313 e. The fraction of sp³-hybridized carbons (Fsp3) is 0.118. The molecule has 6 nitrogen and oxygen atoms in total. The van der Waals surface area contributed by atoms with Crippen LogP contribution in [0.15, 0.2) is 70.7 Å². The zero-order valence-corrected chi connectivity index (χ0v) is 15.3. The summed E-state index contributed by atoms with van der Waals surface area (Å²) < 4.78 is 35.4. The fourth-order valence-corrected chi connectivity index (χ4v) is 3.95. The molecule has 0 saturated heterocycles. The third kappa shape index (κ3) is 3.85.